The van der Waals surface area contributed by atoms with Crippen LogP contribution in [0.4, 0.5) is 4.39 Å². The van der Waals surface area contributed by atoms with Crippen LogP contribution in [0.1, 0.15) is 56.6 Å². The Kier molecular flexibility index (Phi) is 4.40. The molecule has 4 atom stereocenters. The number of benzene rings is 1. The van der Waals surface area contributed by atoms with E-state index >= 15 is 0 Å². The average Bonchev–Trinajstić information content (AvgIpc) is 2.50. The van der Waals surface area contributed by atoms with Crippen LogP contribution in [0, 0.1) is 23.6 Å². The Hall–Kier alpha value is -0.890. The number of rotatable bonds is 3. The fourth-order valence-electron chi connectivity index (χ4n) is 4.56. The lowest BCUT2D eigenvalue weighted by Crippen LogP contribution is -2.34. The van der Waals surface area contributed by atoms with E-state index < -0.39 is 0 Å². The minimum atomic E-state index is -0.139. The average molecular weight is 275 g/mol. The highest BCUT2D eigenvalue weighted by atomic mass is 19.1. The van der Waals surface area contributed by atoms with Crippen LogP contribution in [-0.4, -0.2) is 7.05 Å². The molecule has 2 aliphatic rings. The van der Waals surface area contributed by atoms with E-state index in [1.165, 1.54) is 50.5 Å². The Balaban J connectivity index is 1.71. The highest BCUT2D eigenvalue weighted by molar-refractivity contribution is 5.21. The fraction of sp³-hybridized carbons (Fsp3) is 0.667. The Morgan fingerprint density at radius 3 is 2.40 bits per heavy atom. The molecule has 20 heavy (non-hydrogen) atoms. The van der Waals surface area contributed by atoms with Gasteiger partial charge in [-0.05, 0) is 61.8 Å². The predicted octanol–water partition coefficient (Wildman–Crippen LogP) is 4.69. The van der Waals surface area contributed by atoms with Gasteiger partial charge in [-0.25, -0.2) is 4.39 Å². The standard InChI is InChI=1S/C18H26FN/c1-20-18(14-8-10-17(19)11-9-14)16-7-6-13-4-2-3-5-15(13)12-16/h8-11,13,15-16,18,20H,2-7,12H2,1H3. The Bertz CT molecular complexity index is 428. The third-order valence-corrected chi connectivity index (χ3v) is 5.59. The van der Waals surface area contributed by atoms with Gasteiger partial charge >= 0.3 is 0 Å². The maximum atomic E-state index is 13.1. The van der Waals surface area contributed by atoms with Crippen molar-refractivity contribution in [3.8, 4) is 0 Å². The first-order valence-electron chi connectivity index (χ1n) is 8.20. The smallest absolute Gasteiger partial charge is 0.123 e. The van der Waals surface area contributed by atoms with Crippen molar-refractivity contribution in [2.75, 3.05) is 7.05 Å². The van der Waals surface area contributed by atoms with Gasteiger partial charge < -0.3 is 5.32 Å². The van der Waals surface area contributed by atoms with E-state index in [2.05, 4.69) is 5.32 Å². The summed E-state index contributed by atoms with van der Waals surface area (Å²) in [6.07, 6.45) is 9.83. The summed E-state index contributed by atoms with van der Waals surface area (Å²) >= 11 is 0. The van der Waals surface area contributed by atoms with E-state index in [9.17, 15) is 4.39 Å². The van der Waals surface area contributed by atoms with E-state index in [1.54, 1.807) is 12.1 Å². The summed E-state index contributed by atoms with van der Waals surface area (Å²) in [4.78, 5) is 0. The highest BCUT2D eigenvalue weighted by Gasteiger charge is 2.35. The fourth-order valence-corrected chi connectivity index (χ4v) is 4.56. The zero-order chi connectivity index (χ0) is 13.9. The van der Waals surface area contributed by atoms with Crippen molar-refractivity contribution in [1.82, 2.24) is 5.32 Å². The minimum Gasteiger partial charge on any atom is -0.313 e. The summed E-state index contributed by atoms with van der Waals surface area (Å²) in [5.74, 6) is 2.51. The molecule has 0 spiro atoms. The molecular weight excluding hydrogens is 249 g/mol. The van der Waals surface area contributed by atoms with Gasteiger partial charge in [-0.15, -0.1) is 0 Å². The minimum absolute atomic E-state index is 0.139. The maximum absolute atomic E-state index is 13.1. The van der Waals surface area contributed by atoms with Gasteiger partial charge in [0.25, 0.3) is 0 Å². The molecule has 2 heteroatoms. The number of fused-ring (bicyclic) bond motifs is 1. The molecule has 1 aromatic rings. The molecule has 0 bridgehead atoms. The Labute approximate surface area is 122 Å². The van der Waals surface area contributed by atoms with Gasteiger partial charge in [-0.1, -0.05) is 37.8 Å². The first-order valence-corrected chi connectivity index (χ1v) is 8.20. The van der Waals surface area contributed by atoms with Crippen molar-refractivity contribution in [2.45, 2.75) is 51.0 Å². The third kappa shape index (κ3) is 2.90. The molecule has 4 unspecified atom stereocenters. The van der Waals surface area contributed by atoms with Crippen molar-refractivity contribution in [3.05, 3.63) is 35.6 Å². The molecular formula is C18H26FN. The van der Waals surface area contributed by atoms with Crippen LogP contribution in [0.2, 0.25) is 0 Å². The van der Waals surface area contributed by atoms with Gasteiger partial charge in [0, 0.05) is 6.04 Å². The quantitative estimate of drug-likeness (QED) is 0.843. The molecule has 0 heterocycles. The highest BCUT2D eigenvalue weighted by Crippen LogP contribution is 2.46. The van der Waals surface area contributed by atoms with E-state index in [1.807, 2.05) is 19.2 Å². The van der Waals surface area contributed by atoms with Gasteiger partial charge in [-0.3, -0.25) is 0 Å². The summed E-state index contributed by atoms with van der Waals surface area (Å²) in [5.41, 5.74) is 1.24. The molecule has 110 valence electrons. The first kappa shape index (κ1) is 14.1. The lowest BCUT2D eigenvalue weighted by molar-refractivity contribution is 0.111. The largest absolute Gasteiger partial charge is 0.313 e. The van der Waals surface area contributed by atoms with Crippen LogP contribution < -0.4 is 5.32 Å². The lowest BCUT2D eigenvalue weighted by atomic mass is 9.65. The molecule has 2 saturated carbocycles. The normalized spacial score (nSPS) is 31.6. The van der Waals surface area contributed by atoms with E-state index in [-0.39, 0.29) is 5.82 Å². The van der Waals surface area contributed by atoms with Gasteiger partial charge in [0.2, 0.25) is 0 Å². The first-order chi connectivity index (χ1) is 9.78. The maximum Gasteiger partial charge on any atom is 0.123 e. The predicted molar refractivity (Wildman–Crippen MR) is 81.0 cm³/mol. The number of hydrogen-bond donors (Lipinski definition) is 1. The van der Waals surface area contributed by atoms with E-state index in [4.69, 9.17) is 0 Å². The molecule has 1 aromatic carbocycles. The molecule has 1 N–H and O–H groups in total. The van der Waals surface area contributed by atoms with Crippen molar-refractivity contribution in [3.63, 3.8) is 0 Å². The SMILES string of the molecule is CNC(c1ccc(F)cc1)C1CCC2CCCCC2C1. The third-order valence-electron chi connectivity index (χ3n) is 5.59. The van der Waals surface area contributed by atoms with Crippen molar-refractivity contribution >= 4 is 0 Å². The van der Waals surface area contributed by atoms with Crippen molar-refractivity contribution in [2.24, 2.45) is 17.8 Å². The molecule has 3 rings (SSSR count). The monoisotopic (exact) mass is 275 g/mol. The summed E-state index contributed by atoms with van der Waals surface area (Å²) < 4.78 is 13.1. The molecule has 0 radical (unpaired) electrons. The summed E-state index contributed by atoms with van der Waals surface area (Å²) in [6.45, 7) is 0. The van der Waals surface area contributed by atoms with Crippen LogP contribution in [0.5, 0.6) is 0 Å². The van der Waals surface area contributed by atoms with Crippen LogP contribution >= 0.6 is 0 Å². The molecule has 0 saturated heterocycles. The zero-order valence-corrected chi connectivity index (χ0v) is 12.4. The zero-order valence-electron chi connectivity index (χ0n) is 12.4. The van der Waals surface area contributed by atoms with Crippen LogP contribution in [0.15, 0.2) is 24.3 Å². The summed E-state index contributed by atoms with van der Waals surface area (Å²) in [7, 11) is 2.04. The molecule has 2 aliphatic carbocycles. The molecule has 0 amide bonds. The van der Waals surface area contributed by atoms with Gasteiger partial charge in [0.05, 0.1) is 0 Å². The topological polar surface area (TPSA) is 12.0 Å². The molecule has 1 nitrogen and oxygen atoms in total. The number of nitrogens with one attached hydrogen (secondary N) is 1. The second-order valence-electron chi connectivity index (χ2n) is 6.70. The summed E-state index contributed by atoms with van der Waals surface area (Å²) in [6, 6.07) is 7.46. The summed E-state index contributed by atoms with van der Waals surface area (Å²) in [5, 5.41) is 3.48. The molecule has 0 aromatic heterocycles. The van der Waals surface area contributed by atoms with Crippen LogP contribution in [-0.2, 0) is 0 Å². The van der Waals surface area contributed by atoms with Gasteiger partial charge in [-0.2, -0.15) is 0 Å². The van der Waals surface area contributed by atoms with E-state index in [0.717, 1.165) is 11.8 Å². The van der Waals surface area contributed by atoms with Gasteiger partial charge in [0.1, 0.15) is 5.82 Å². The Morgan fingerprint density at radius 2 is 1.70 bits per heavy atom. The van der Waals surface area contributed by atoms with Crippen LogP contribution in [0.3, 0.4) is 0 Å². The van der Waals surface area contributed by atoms with Crippen molar-refractivity contribution < 1.29 is 4.39 Å². The van der Waals surface area contributed by atoms with Crippen LogP contribution in [0.25, 0.3) is 0 Å². The van der Waals surface area contributed by atoms with Gasteiger partial charge in [0.15, 0.2) is 0 Å². The number of hydrogen-bond acceptors (Lipinski definition) is 1. The van der Waals surface area contributed by atoms with Crippen molar-refractivity contribution in [1.29, 1.82) is 0 Å². The second kappa shape index (κ2) is 6.26. The lowest BCUT2D eigenvalue weighted by Gasteiger charge is -2.42. The number of halogens is 1. The molecule has 2 fully saturated rings. The van der Waals surface area contributed by atoms with E-state index in [0.29, 0.717) is 12.0 Å². The Morgan fingerprint density at radius 1 is 1.00 bits per heavy atom. The molecule has 0 aliphatic heterocycles. The second-order valence-corrected chi connectivity index (χ2v) is 6.70.